The van der Waals surface area contributed by atoms with Gasteiger partial charge in [-0.2, -0.15) is 0 Å². The summed E-state index contributed by atoms with van der Waals surface area (Å²) in [5, 5.41) is 13.7. The number of aryl methyl sites for hydroxylation is 1. The van der Waals surface area contributed by atoms with Gasteiger partial charge in [0, 0.05) is 30.2 Å². The number of nitrogens with one attached hydrogen (secondary N) is 1. The smallest absolute Gasteiger partial charge is 0.239 e. The molecule has 1 amide bonds. The highest BCUT2D eigenvalue weighted by Gasteiger charge is 2.15. The molecule has 0 aliphatic carbocycles. The van der Waals surface area contributed by atoms with Gasteiger partial charge in [0.2, 0.25) is 5.91 Å². The van der Waals surface area contributed by atoms with Gasteiger partial charge in [0.15, 0.2) is 0 Å². The van der Waals surface area contributed by atoms with E-state index < -0.39 is 0 Å². The van der Waals surface area contributed by atoms with Crippen molar-refractivity contribution < 1.29 is 9.53 Å². The zero-order chi connectivity index (χ0) is 17.9. The zero-order valence-electron chi connectivity index (χ0n) is 14.3. The van der Waals surface area contributed by atoms with E-state index in [0.29, 0.717) is 25.6 Å². The summed E-state index contributed by atoms with van der Waals surface area (Å²) in [5.74, 6) is 0.436. The van der Waals surface area contributed by atoms with Crippen molar-refractivity contribution in [3.63, 3.8) is 0 Å². The molecule has 0 spiro atoms. The Morgan fingerprint density at radius 1 is 1.23 bits per heavy atom. The van der Waals surface area contributed by atoms with Crippen molar-refractivity contribution in [3.8, 4) is 10.6 Å². The molecule has 0 saturated carbocycles. The highest BCUT2D eigenvalue weighted by atomic mass is 32.1. The van der Waals surface area contributed by atoms with Crippen molar-refractivity contribution in [2.24, 2.45) is 0 Å². The van der Waals surface area contributed by atoms with Crippen molar-refractivity contribution in [1.82, 2.24) is 25.1 Å². The molecule has 1 aliphatic heterocycles. The predicted octanol–water partition coefficient (Wildman–Crippen LogP) is 1.73. The van der Waals surface area contributed by atoms with Crippen molar-refractivity contribution >= 4 is 34.0 Å². The molecule has 0 radical (unpaired) electrons. The van der Waals surface area contributed by atoms with Gasteiger partial charge in [0.05, 0.1) is 31.5 Å². The lowest BCUT2D eigenvalue weighted by Crippen LogP contribution is -2.41. The lowest BCUT2D eigenvalue weighted by atomic mass is 10.2. The molecule has 4 heterocycles. The van der Waals surface area contributed by atoms with Crippen molar-refractivity contribution in [2.45, 2.75) is 6.92 Å². The number of amides is 1. The molecule has 1 saturated heterocycles. The Morgan fingerprint density at radius 3 is 2.85 bits per heavy atom. The fourth-order valence-electron chi connectivity index (χ4n) is 2.77. The molecular weight excluding hydrogens is 352 g/mol. The standard InChI is InChI=1S/C17H18N6O2S/c1-11-21-22-17(26-11)13-6-12-7-15(19-9-14(12)18-8-13)20-16(24)10-23-2-4-25-5-3-23/h6-9H,2-5,10H2,1H3,(H,19,20,24). The SMILES string of the molecule is Cc1nnc(-c2cnc3cnc(NC(=O)CN4CCOCC4)cc3c2)s1. The zero-order valence-corrected chi connectivity index (χ0v) is 15.1. The lowest BCUT2D eigenvalue weighted by molar-refractivity contribution is -0.118. The maximum atomic E-state index is 12.2. The summed E-state index contributed by atoms with van der Waals surface area (Å²) < 4.78 is 5.30. The van der Waals surface area contributed by atoms with E-state index in [1.807, 2.05) is 19.1 Å². The lowest BCUT2D eigenvalue weighted by Gasteiger charge is -2.25. The average molecular weight is 370 g/mol. The van der Waals surface area contributed by atoms with Gasteiger partial charge in [-0.25, -0.2) is 4.98 Å². The number of carbonyl (C=O) groups is 1. The first-order valence-corrected chi connectivity index (χ1v) is 9.15. The van der Waals surface area contributed by atoms with Crippen LogP contribution in [0.4, 0.5) is 5.82 Å². The van der Waals surface area contributed by atoms with Gasteiger partial charge in [-0.1, -0.05) is 11.3 Å². The van der Waals surface area contributed by atoms with Crippen LogP contribution in [0.15, 0.2) is 24.5 Å². The Hall–Kier alpha value is -2.49. The molecule has 1 aliphatic rings. The first kappa shape index (κ1) is 17.0. The van der Waals surface area contributed by atoms with Crippen LogP contribution < -0.4 is 5.32 Å². The maximum Gasteiger partial charge on any atom is 0.239 e. The number of carbonyl (C=O) groups excluding carboxylic acids is 1. The van der Waals surface area contributed by atoms with E-state index in [9.17, 15) is 4.79 Å². The summed E-state index contributed by atoms with van der Waals surface area (Å²) in [5.41, 5.74) is 1.67. The molecule has 0 unspecified atom stereocenters. The molecule has 3 aromatic heterocycles. The second kappa shape index (κ2) is 7.40. The highest BCUT2D eigenvalue weighted by Crippen LogP contribution is 2.26. The van der Waals surface area contributed by atoms with E-state index in [0.717, 1.165) is 39.6 Å². The van der Waals surface area contributed by atoms with Gasteiger partial charge in [0.25, 0.3) is 0 Å². The third-order valence-electron chi connectivity index (χ3n) is 4.08. The van der Waals surface area contributed by atoms with Gasteiger partial charge < -0.3 is 10.1 Å². The van der Waals surface area contributed by atoms with Crippen molar-refractivity contribution in [1.29, 1.82) is 0 Å². The van der Waals surface area contributed by atoms with Crippen LogP contribution in [0.5, 0.6) is 0 Å². The Kier molecular flexibility index (Phi) is 4.83. The Morgan fingerprint density at radius 2 is 2.08 bits per heavy atom. The number of anilines is 1. The van der Waals surface area contributed by atoms with Gasteiger partial charge in [-0.3, -0.25) is 14.7 Å². The van der Waals surface area contributed by atoms with Crippen LogP contribution in [0.3, 0.4) is 0 Å². The number of fused-ring (bicyclic) bond motifs is 1. The second-order valence-electron chi connectivity index (χ2n) is 6.05. The summed E-state index contributed by atoms with van der Waals surface area (Å²) in [4.78, 5) is 23.0. The molecule has 134 valence electrons. The number of pyridine rings is 2. The van der Waals surface area contributed by atoms with Crippen LogP contribution >= 0.6 is 11.3 Å². The topological polar surface area (TPSA) is 93.1 Å². The number of aromatic nitrogens is 4. The minimum absolute atomic E-state index is 0.0809. The van der Waals surface area contributed by atoms with Crippen LogP contribution in [0.2, 0.25) is 0 Å². The number of nitrogens with zero attached hydrogens (tertiary/aromatic N) is 5. The molecule has 0 bridgehead atoms. The second-order valence-corrected chi connectivity index (χ2v) is 7.23. The third kappa shape index (κ3) is 3.85. The normalized spacial score (nSPS) is 15.3. The molecule has 9 heteroatoms. The van der Waals surface area contributed by atoms with E-state index in [2.05, 4.69) is 30.4 Å². The first-order chi connectivity index (χ1) is 12.7. The Balaban J connectivity index is 1.51. The summed E-state index contributed by atoms with van der Waals surface area (Å²) in [6.45, 7) is 5.13. The average Bonchev–Trinajstić information content (AvgIpc) is 3.08. The minimum atomic E-state index is -0.0809. The van der Waals surface area contributed by atoms with Crippen LogP contribution in [-0.4, -0.2) is 63.8 Å². The van der Waals surface area contributed by atoms with Crippen LogP contribution in [-0.2, 0) is 9.53 Å². The molecule has 0 atom stereocenters. The maximum absolute atomic E-state index is 12.2. The van der Waals surface area contributed by atoms with E-state index >= 15 is 0 Å². The molecule has 3 aromatic rings. The molecule has 1 fully saturated rings. The highest BCUT2D eigenvalue weighted by molar-refractivity contribution is 7.14. The van der Waals surface area contributed by atoms with E-state index in [1.165, 1.54) is 11.3 Å². The summed E-state index contributed by atoms with van der Waals surface area (Å²) in [7, 11) is 0. The Labute approximate surface area is 154 Å². The molecule has 26 heavy (non-hydrogen) atoms. The number of rotatable bonds is 4. The van der Waals surface area contributed by atoms with E-state index in [1.54, 1.807) is 12.4 Å². The fraction of sp³-hybridized carbons (Fsp3) is 0.353. The minimum Gasteiger partial charge on any atom is -0.379 e. The molecule has 4 rings (SSSR count). The summed E-state index contributed by atoms with van der Waals surface area (Å²) in [6, 6.07) is 3.82. The molecule has 1 N–H and O–H groups in total. The van der Waals surface area contributed by atoms with Crippen LogP contribution in [0, 0.1) is 6.92 Å². The van der Waals surface area contributed by atoms with Crippen molar-refractivity contribution in [2.75, 3.05) is 38.2 Å². The van der Waals surface area contributed by atoms with E-state index in [-0.39, 0.29) is 5.91 Å². The summed E-state index contributed by atoms with van der Waals surface area (Å²) >= 11 is 1.52. The van der Waals surface area contributed by atoms with Gasteiger partial charge in [-0.15, -0.1) is 10.2 Å². The largest absolute Gasteiger partial charge is 0.379 e. The number of ether oxygens (including phenoxy) is 1. The molecule has 8 nitrogen and oxygen atoms in total. The van der Waals surface area contributed by atoms with Crippen molar-refractivity contribution in [3.05, 3.63) is 29.5 Å². The van der Waals surface area contributed by atoms with Gasteiger partial charge in [0.1, 0.15) is 15.8 Å². The summed E-state index contributed by atoms with van der Waals surface area (Å²) in [6.07, 6.45) is 3.43. The molecular formula is C17H18N6O2S. The quantitative estimate of drug-likeness (QED) is 0.747. The number of hydrogen-bond acceptors (Lipinski definition) is 8. The van der Waals surface area contributed by atoms with Crippen LogP contribution in [0.1, 0.15) is 5.01 Å². The first-order valence-electron chi connectivity index (χ1n) is 8.33. The monoisotopic (exact) mass is 370 g/mol. The van der Waals surface area contributed by atoms with E-state index in [4.69, 9.17) is 4.74 Å². The number of hydrogen-bond donors (Lipinski definition) is 1. The third-order valence-corrected chi connectivity index (χ3v) is 4.97. The Bertz CT molecular complexity index is 938. The predicted molar refractivity (Wildman–Crippen MR) is 99.1 cm³/mol. The number of morpholine rings is 1. The van der Waals surface area contributed by atoms with Crippen LogP contribution in [0.25, 0.3) is 21.5 Å². The molecule has 0 aromatic carbocycles. The fourth-order valence-corrected chi connectivity index (χ4v) is 3.45. The van der Waals surface area contributed by atoms with Gasteiger partial charge >= 0.3 is 0 Å². The van der Waals surface area contributed by atoms with Gasteiger partial charge in [-0.05, 0) is 19.1 Å².